The van der Waals surface area contributed by atoms with E-state index >= 15 is 0 Å². The smallest absolute Gasteiger partial charge is 0.234 e. The van der Waals surface area contributed by atoms with E-state index in [1.54, 1.807) is 0 Å². The molecule has 4 heteroatoms. The maximum Gasteiger partial charge on any atom is 0.234 e. The molecule has 0 bridgehead atoms. The molecule has 0 unspecified atom stereocenters. The van der Waals surface area contributed by atoms with E-state index in [1.807, 2.05) is 0 Å². The zero-order valence-corrected chi connectivity index (χ0v) is 12.5. The fourth-order valence-electron chi connectivity index (χ4n) is 2.26. The quantitative estimate of drug-likeness (QED) is 0.776. The van der Waals surface area contributed by atoms with Crippen molar-refractivity contribution < 1.29 is 4.79 Å². The first-order chi connectivity index (χ1) is 8.26. The maximum absolute atomic E-state index is 11.8. The van der Waals surface area contributed by atoms with Gasteiger partial charge in [-0.1, -0.05) is 13.8 Å². The second-order valence-electron chi connectivity index (χ2n) is 6.81. The summed E-state index contributed by atoms with van der Waals surface area (Å²) >= 11 is 0. The summed E-state index contributed by atoms with van der Waals surface area (Å²) in [6.45, 7) is 14.3. The van der Waals surface area contributed by atoms with Crippen LogP contribution >= 0.6 is 0 Å². The fourth-order valence-corrected chi connectivity index (χ4v) is 2.26. The summed E-state index contributed by atoms with van der Waals surface area (Å²) < 4.78 is 0. The lowest BCUT2D eigenvalue weighted by Crippen LogP contribution is -2.46. The standard InChI is InChI=1S/C14H29N3O/c1-11(2)9-17-7-6-12(10-17)16-13(18)8-15-14(3,4)5/h11-12,15H,6-10H2,1-5H3,(H,16,18)/t12-/m0/s1. The van der Waals surface area contributed by atoms with E-state index in [2.05, 4.69) is 50.2 Å². The largest absolute Gasteiger partial charge is 0.351 e. The highest BCUT2D eigenvalue weighted by Gasteiger charge is 2.24. The number of amides is 1. The Morgan fingerprint density at radius 3 is 2.61 bits per heavy atom. The minimum atomic E-state index is -0.00328. The summed E-state index contributed by atoms with van der Waals surface area (Å²) in [4.78, 5) is 14.2. The Morgan fingerprint density at radius 1 is 1.39 bits per heavy atom. The highest BCUT2D eigenvalue weighted by molar-refractivity contribution is 5.78. The molecule has 1 saturated heterocycles. The van der Waals surface area contributed by atoms with Gasteiger partial charge in [0.25, 0.3) is 0 Å². The Balaban J connectivity index is 2.22. The van der Waals surface area contributed by atoms with Gasteiger partial charge in [-0.25, -0.2) is 0 Å². The third kappa shape index (κ3) is 6.36. The third-order valence-electron chi connectivity index (χ3n) is 3.04. The van der Waals surface area contributed by atoms with Crippen LogP contribution in [-0.4, -0.2) is 48.6 Å². The zero-order chi connectivity index (χ0) is 13.8. The Bertz CT molecular complexity index is 271. The van der Waals surface area contributed by atoms with Crippen LogP contribution in [-0.2, 0) is 4.79 Å². The number of hydrogen-bond acceptors (Lipinski definition) is 3. The number of carbonyl (C=O) groups excluding carboxylic acids is 1. The number of rotatable bonds is 5. The molecule has 1 amide bonds. The molecular formula is C14H29N3O. The maximum atomic E-state index is 11.8. The van der Waals surface area contributed by atoms with E-state index in [0.29, 0.717) is 18.5 Å². The van der Waals surface area contributed by atoms with Gasteiger partial charge in [0.1, 0.15) is 0 Å². The van der Waals surface area contributed by atoms with Crippen molar-refractivity contribution in [3.63, 3.8) is 0 Å². The number of hydrogen-bond donors (Lipinski definition) is 2. The molecule has 1 aliphatic rings. The van der Waals surface area contributed by atoms with Gasteiger partial charge in [0.05, 0.1) is 6.54 Å². The fraction of sp³-hybridized carbons (Fsp3) is 0.929. The number of likely N-dealkylation sites (tertiary alicyclic amines) is 1. The second kappa shape index (κ2) is 6.53. The Morgan fingerprint density at radius 2 is 2.06 bits per heavy atom. The molecule has 0 aromatic rings. The molecule has 0 saturated carbocycles. The van der Waals surface area contributed by atoms with E-state index in [4.69, 9.17) is 0 Å². The number of nitrogens with one attached hydrogen (secondary N) is 2. The highest BCUT2D eigenvalue weighted by Crippen LogP contribution is 2.11. The van der Waals surface area contributed by atoms with E-state index in [1.165, 1.54) is 0 Å². The molecule has 0 radical (unpaired) electrons. The second-order valence-corrected chi connectivity index (χ2v) is 6.81. The van der Waals surface area contributed by atoms with Gasteiger partial charge in [-0.05, 0) is 33.1 Å². The summed E-state index contributed by atoms with van der Waals surface area (Å²) in [5.74, 6) is 0.809. The summed E-state index contributed by atoms with van der Waals surface area (Å²) in [6.07, 6.45) is 1.08. The normalized spacial score (nSPS) is 21.6. The predicted octanol–water partition coefficient (Wildman–Crippen LogP) is 1.22. The summed E-state index contributed by atoms with van der Waals surface area (Å²) in [6, 6.07) is 0.331. The lowest BCUT2D eigenvalue weighted by Gasteiger charge is -2.21. The first-order valence-corrected chi connectivity index (χ1v) is 7.03. The number of carbonyl (C=O) groups is 1. The SMILES string of the molecule is CC(C)CN1CC[C@H](NC(=O)CNC(C)(C)C)C1. The van der Waals surface area contributed by atoms with Crippen LogP contribution in [0.5, 0.6) is 0 Å². The molecule has 1 fully saturated rings. The van der Waals surface area contributed by atoms with Gasteiger partial charge in [0, 0.05) is 31.2 Å². The van der Waals surface area contributed by atoms with Gasteiger partial charge in [-0.2, -0.15) is 0 Å². The Kier molecular flexibility index (Phi) is 5.60. The number of nitrogens with zero attached hydrogens (tertiary/aromatic N) is 1. The molecule has 1 atom stereocenters. The van der Waals surface area contributed by atoms with Crippen LogP contribution < -0.4 is 10.6 Å². The van der Waals surface area contributed by atoms with Crippen LogP contribution in [0.1, 0.15) is 41.0 Å². The molecule has 1 aliphatic heterocycles. The molecule has 2 N–H and O–H groups in total. The first kappa shape index (κ1) is 15.4. The van der Waals surface area contributed by atoms with Crippen molar-refractivity contribution >= 4 is 5.91 Å². The minimum absolute atomic E-state index is 0.00328. The van der Waals surface area contributed by atoms with Gasteiger partial charge in [0.2, 0.25) is 5.91 Å². The molecule has 18 heavy (non-hydrogen) atoms. The van der Waals surface area contributed by atoms with Gasteiger partial charge in [-0.3, -0.25) is 4.79 Å². The average molecular weight is 255 g/mol. The molecular weight excluding hydrogens is 226 g/mol. The van der Waals surface area contributed by atoms with E-state index in [0.717, 1.165) is 26.1 Å². The van der Waals surface area contributed by atoms with E-state index in [9.17, 15) is 4.79 Å². The molecule has 0 aromatic carbocycles. The van der Waals surface area contributed by atoms with Gasteiger partial charge >= 0.3 is 0 Å². The van der Waals surface area contributed by atoms with Gasteiger partial charge in [0.15, 0.2) is 0 Å². The lowest BCUT2D eigenvalue weighted by atomic mass is 10.1. The molecule has 106 valence electrons. The van der Waals surface area contributed by atoms with Crippen LogP contribution in [0.4, 0.5) is 0 Å². The topological polar surface area (TPSA) is 44.4 Å². The van der Waals surface area contributed by atoms with E-state index in [-0.39, 0.29) is 11.4 Å². The summed E-state index contributed by atoms with van der Waals surface area (Å²) in [5, 5.41) is 6.32. The molecule has 1 heterocycles. The van der Waals surface area contributed by atoms with Gasteiger partial charge < -0.3 is 15.5 Å². The van der Waals surface area contributed by atoms with Crippen molar-refractivity contribution in [3.05, 3.63) is 0 Å². The Labute approximate surface area is 111 Å². The van der Waals surface area contributed by atoms with Crippen molar-refractivity contribution in [1.29, 1.82) is 0 Å². The van der Waals surface area contributed by atoms with Gasteiger partial charge in [-0.15, -0.1) is 0 Å². The minimum Gasteiger partial charge on any atom is -0.351 e. The summed E-state index contributed by atoms with van der Waals surface area (Å²) in [5.41, 5.74) is -0.00328. The molecule has 4 nitrogen and oxygen atoms in total. The molecule has 0 spiro atoms. The average Bonchev–Trinajstić information content (AvgIpc) is 2.60. The lowest BCUT2D eigenvalue weighted by molar-refractivity contribution is -0.121. The van der Waals surface area contributed by atoms with Crippen molar-refractivity contribution in [1.82, 2.24) is 15.5 Å². The molecule has 0 aromatic heterocycles. The van der Waals surface area contributed by atoms with Crippen molar-refractivity contribution in [2.24, 2.45) is 5.92 Å². The van der Waals surface area contributed by atoms with Crippen molar-refractivity contribution in [2.45, 2.75) is 52.6 Å². The van der Waals surface area contributed by atoms with Crippen LogP contribution in [0, 0.1) is 5.92 Å². The highest BCUT2D eigenvalue weighted by atomic mass is 16.2. The molecule has 0 aliphatic carbocycles. The van der Waals surface area contributed by atoms with Crippen LogP contribution in [0.2, 0.25) is 0 Å². The van der Waals surface area contributed by atoms with Crippen molar-refractivity contribution in [3.8, 4) is 0 Å². The van der Waals surface area contributed by atoms with Crippen LogP contribution in [0.25, 0.3) is 0 Å². The molecule has 1 rings (SSSR count). The van der Waals surface area contributed by atoms with Crippen LogP contribution in [0.3, 0.4) is 0 Å². The van der Waals surface area contributed by atoms with Crippen molar-refractivity contribution in [2.75, 3.05) is 26.2 Å². The van der Waals surface area contributed by atoms with Crippen LogP contribution in [0.15, 0.2) is 0 Å². The zero-order valence-electron chi connectivity index (χ0n) is 12.5. The monoisotopic (exact) mass is 255 g/mol. The third-order valence-corrected chi connectivity index (χ3v) is 3.04. The Hall–Kier alpha value is -0.610. The summed E-state index contributed by atoms with van der Waals surface area (Å²) in [7, 11) is 0. The predicted molar refractivity (Wildman–Crippen MR) is 75.6 cm³/mol. The first-order valence-electron chi connectivity index (χ1n) is 7.03. The van der Waals surface area contributed by atoms with E-state index < -0.39 is 0 Å².